The Balaban J connectivity index is 1.77. The molecule has 0 bridgehead atoms. The van der Waals surface area contributed by atoms with Crippen LogP contribution in [0, 0.1) is 13.8 Å². The van der Waals surface area contributed by atoms with Crippen LogP contribution in [-0.2, 0) is 0 Å². The summed E-state index contributed by atoms with van der Waals surface area (Å²) in [5.74, 6) is 0.895. The van der Waals surface area contributed by atoms with Gasteiger partial charge in [0.1, 0.15) is 5.82 Å². The van der Waals surface area contributed by atoms with Gasteiger partial charge in [-0.3, -0.25) is 0 Å². The number of rotatable bonds is 4. The third-order valence-corrected chi connectivity index (χ3v) is 5.95. The standard InChI is InChI=1S/C22H19N5S/c1-14-7-9-16(10-8-14)20(28-22-23-11-12-24-22)21-25-18-6-4-3-5-17(18)19-13-15(2)26-27(19)21/h3-13,20H,1-2H3,(H,23,24). The van der Waals surface area contributed by atoms with Crippen molar-refractivity contribution in [3.8, 4) is 0 Å². The molecular weight excluding hydrogens is 366 g/mol. The van der Waals surface area contributed by atoms with E-state index >= 15 is 0 Å². The van der Waals surface area contributed by atoms with Gasteiger partial charge >= 0.3 is 0 Å². The summed E-state index contributed by atoms with van der Waals surface area (Å²) in [6.07, 6.45) is 3.62. The Morgan fingerprint density at radius 3 is 2.64 bits per heavy atom. The summed E-state index contributed by atoms with van der Waals surface area (Å²) in [5.41, 5.74) is 5.43. The summed E-state index contributed by atoms with van der Waals surface area (Å²) in [6, 6.07) is 18.9. The van der Waals surface area contributed by atoms with Gasteiger partial charge in [0.15, 0.2) is 5.16 Å². The van der Waals surface area contributed by atoms with E-state index in [1.165, 1.54) is 11.1 Å². The summed E-state index contributed by atoms with van der Waals surface area (Å²) in [4.78, 5) is 12.7. The molecule has 5 rings (SSSR count). The number of hydrogen-bond acceptors (Lipinski definition) is 4. The molecule has 0 aliphatic carbocycles. The molecule has 0 amide bonds. The number of nitrogens with one attached hydrogen (secondary N) is 1. The Hall–Kier alpha value is -3.12. The molecule has 0 saturated heterocycles. The van der Waals surface area contributed by atoms with Crippen LogP contribution in [0.25, 0.3) is 16.4 Å². The second kappa shape index (κ2) is 6.80. The number of fused-ring (bicyclic) bond motifs is 3. The molecule has 6 heteroatoms. The number of para-hydroxylation sites is 1. The summed E-state index contributed by atoms with van der Waals surface area (Å²) in [7, 11) is 0. The minimum absolute atomic E-state index is 0.0434. The number of H-pyrrole nitrogens is 1. The van der Waals surface area contributed by atoms with Crippen LogP contribution in [0.5, 0.6) is 0 Å². The highest BCUT2D eigenvalue weighted by Gasteiger charge is 2.23. The summed E-state index contributed by atoms with van der Waals surface area (Å²) >= 11 is 1.65. The van der Waals surface area contributed by atoms with E-state index in [0.29, 0.717) is 0 Å². The van der Waals surface area contributed by atoms with E-state index in [2.05, 4.69) is 59.4 Å². The molecule has 1 N–H and O–H groups in total. The van der Waals surface area contributed by atoms with Gasteiger partial charge in [-0.1, -0.05) is 59.8 Å². The van der Waals surface area contributed by atoms with E-state index in [9.17, 15) is 0 Å². The number of aromatic amines is 1. The molecular formula is C22H19N5S. The molecule has 5 nitrogen and oxygen atoms in total. The Morgan fingerprint density at radius 2 is 1.86 bits per heavy atom. The second-order valence-corrected chi connectivity index (χ2v) is 7.97. The molecule has 3 heterocycles. The van der Waals surface area contributed by atoms with Gasteiger partial charge in [-0.15, -0.1) is 0 Å². The zero-order valence-corrected chi connectivity index (χ0v) is 16.4. The fraction of sp³-hybridized carbons (Fsp3) is 0.136. The highest BCUT2D eigenvalue weighted by molar-refractivity contribution is 7.99. The first kappa shape index (κ1) is 17.0. The van der Waals surface area contributed by atoms with E-state index < -0.39 is 0 Å². The Kier molecular flexibility index (Phi) is 4.13. The number of hydrogen-bond donors (Lipinski definition) is 1. The number of aryl methyl sites for hydroxylation is 2. The smallest absolute Gasteiger partial charge is 0.166 e. The number of nitrogens with zero attached hydrogens (tertiary/aromatic N) is 4. The van der Waals surface area contributed by atoms with Gasteiger partial charge in [-0.25, -0.2) is 14.5 Å². The summed E-state index contributed by atoms with van der Waals surface area (Å²) in [6.45, 7) is 4.12. The first-order chi connectivity index (χ1) is 13.7. The Bertz CT molecular complexity index is 1260. The molecule has 1 atom stereocenters. The van der Waals surface area contributed by atoms with E-state index in [4.69, 9.17) is 10.1 Å². The maximum Gasteiger partial charge on any atom is 0.166 e. The van der Waals surface area contributed by atoms with Crippen LogP contribution in [0.3, 0.4) is 0 Å². The van der Waals surface area contributed by atoms with Crippen molar-refractivity contribution in [2.45, 2.75) is 24.3 Å². The van der Waals surface area contributed by atoms with Crippen molar-refractivity contribution >= 4 is 28.2 Å². The Labute approximate surface area is 166 Å². The fourth-order valence-electron chi connectivity index (χ4n) is 3.43. The lowest BCUT2D eigenvalue weighted by molar-refractivity contribution is 0.816. The molecule has 0 spiro atoms. The van der Waals surface area contributed by atoms with E-state index in [-0.39, 0.29) is 5.25 Å². The number of imidazole rings is 1. The molecule has 0 radical (unpaired) electrons. The van der Waals surface area contributed by atoms with Crippen molar-refractivity contribution < 1.29 is 0 Å². The van der Waals surface area contributed by atoms with Crippen molar-refractivity contribution in [1.29, 1.82) is 0 Å². The predicted octanol–water partition coefficient (Wildman–Crippen LogP) is 5.10. The highest BCUT2D eigenvalue weighted by atomic mass is 32.2. The molecule has 2 aromatic carbocycles. The predicted molar refractivity (Wildman–Crippen MR) is 113 cm³/mol. The number of thioether (sulfide) groups is 1. The van der Waals surface area contributed by atoms with Gasteiger partial charge in [0.05, 0.1) is 22.0 Å². The van der Waals surface area contributed by atoms with Gasteiger partial charge in [-0.2, -0.15) is 5.10 Å². The molecule has 0 fully saturated rings. The maximum atomic E-state index is 5.03. The van der Waals surface area contributed by atoms with Gasteiger partial charge in [0, 0.05) is 17.8 Å². The van der Waals surface area contributed by atoms with Crippen molar-refractivity contribution in [3.63, 3.8) is 0 Å². The lowest BCUT2D eigenvalue weighted by Crippen LogP contribution is -2.09. The number of benzene rings is 2. The van der Waals surface area contributed by atoms with Crippen molar-refractivity contribution in [2.24, 2.45) is 0 Å². The normalized spacial score (nSPS) is 12.6. The average molecular weight is 385 g/mol. The lowest BCUT2D eigenvalue weighted by atomic mass is 10.1. The topological polar surface area (TPSA) is 58.9 Å². The third-order valence-electron chi connectivity index (χ3n) is 4.78. The van der Waals surface area contributed by atoms with E-state index in [0.717, 1.165) is 33.1 Å². The average Bonchev–Trinajstić information content (AvgIpc) is 3.35. The molecule has 138 valence electrons. The SMILES string of the molecule is Cc1ccc(C(Sc2ncc[nH]2)c2nc3ccccc3c3cc(C)nn23)cc1. The largest absolute Gasteiger partial charge is 0.340 e. The van der Waals surface area contributed by atoms with Crippen LogP contribution in [0.1, 0.15) is 27.9 Å². The third kappa shape index (κ3) is 2.96. The van der Waals surface area contributed by atoms with Crippen molar-refractivity contribution in [1.82, 2.24) is 24.6 Å². The van der Waals surface area contributed by atoms with Crippen molar-refractivity contribution in [3.05, 3.63) is 89.6 Å². The molecule has 0 saturated carbocycles. The quantitative estimate of drug-likeness (QED) is 0.437. The monoisotopic (exact) mass is 385 g/mol. The van der Waals surface area contributed by atoms with Crippen LogP contribution < -0.4 is 0 Å². The van der Waals surface area contributed by atoms with Crippen LogP contribution in [0.15, 0.2) is 72.1 Å². The van der Waals surface area contributed by atoms with Gasteiger partial charge in [-0.05, 0) is 31.5 Å². The van der Waals surface area contributed by atoms with E-state index in [1.54, 1.807) is 18.0 Å². The fourth-order valence-corrected chi connectivity index (χ4v) is 4.46. The van der Waals surface area contributed by atoms with Crippen LogP contribution in [0.2, 0.25) is 0 Å². The van der Waals surface area contributed by atoms with Crippen LogP contribution >= 0.6 is 11.8 Å². The Morgan fingerprint density at radius 1 is 1.04 bits per heavy atom. The first-order valence-electron chi connectivity index (χ1n) is 9.17. The van der Waals surface area contributed by atoms with Crippen molar-refractivity contribution in [2.75, 3.05) is 0 Å². The zero-order chi connectivity index (χ0) is 19.1. The molecule has 5 aromatic rings. The van der Waals surface area contributed by atoms with Gasteiger partial charge in [0.25, 0.3) is 0 Å². The van der Waals surface area contributed by atoms with Crippen LogP contribution in [0.4, 0.5) is 0 Å². The zero-order valence-electron chi connectivity index (χ0n) is 15.6. The molecule has 3 aromatic heterocycles. The number of aromatic nitrogens is 5. The summed E-state index contributed by atoms with van der Waals surface area (Å²) in [5, 5.41) is 6.69. The lowest BCUT2D eigenvalue weighted by Gasteiger charge is -2.18. The van der Waals surface area contributed by atoms with E-state index in [1.807, 2.05) is 29.8 Å². The molecule has 0 aliphatic rings. The summed E-state index contributed by atoms with van der Waals surface area (Å²) < 4.78 is 1.98. The molecule has 28 heavy (non-hydrogen) atoms. The highest BCUT2D eigenvalue weighted by Crippen LogP contribution is 2.39. The first-order valence-corrected chi connectivity index (χ1v) is 10.0. The second-order valence-electron chi connectivity index (χ2n) is 6.87. The minimum atomic E-state index is -0.0434. The van der Waals surface area contributed by atoms with Gasteiger partial charge < -0.3 is 4.98 Å². The van der Waals surface area contributed by atoms with Crippen LogP contribution in [-0.4, -0.2) is 24.6 Å². The minimum Gasteiger partial charge on any atom is -0.340 e. The maximum absolute atomic E-state index is 5.03. The molecule has 0 aliphatic heterocycles. The molecule has 1 unspecified atom stereocenters. The van der Waals surface area contributed by atoms with Gasteiger partial charge in [0.2, 0.25) is 0 Å².